The number of alkyl halides is 3. The van der Waals surface area contributed by atoms with Gasteiger partial charge in [0.05, 0.1) is 0 Å². The minimum absolute atomic E-state index is 0.00394. The Morgan fingerprint density at radius 2 is 2.44 bits per heavy atom. The number of nitrogens with zero attached hydrogens (tertiary/aromatic N) is 1. The van der Waals surface area contributed by atoms with Gasteiger partial charge in [-0.05, 0) is 12.1 Å². The largest absolute Gasteiger partial charge is 0.487 e. The zero-order valence-electron chi connectivity index (χ0n) is 8.12. The van der Waals surface area contributed by atoms with E-state index in [4.69, 9.17) is 16.3 Å². The monoisotopic (exact) mass is 250 g/mol. The lowest BCUT2D eigenvalue weighted by Crippen LogP contribution is -2.20. The maximum Gasteiger partial charge on any atom is 0.275 e. The minimum Gasteiger partial charge on any atom is -0.487 e. The molecule has 0 bridgehead atoms. The van der Waals surface area contributed by atoms with Crippen LogP contribution in [0, 0.1) is 0 Å². The molecule has 1 aromatic heterocycles. The highest BCUT2D eigenvalue weighted by Gasteiger charge is 2.16. The van der Waals surface area contributed by atoms with Crippen LogP contribution in [0.25, 0.3) is 0 Å². The van der Waals surface area contributed by atoms with E-state index in [1.807, 2.05) is 0 Å². The lowest BCUT2D eigenvalue weighted by molar-refractivity contribution is -0.118. The van der Waals surface area contributed by atoms with Gasteiger partial charge < -0.3 is 10.1 Å². The quantitative estimate of drug-likeness (QED) is 0.812. The fourth-order valence-electron chi connectivity index (χ4n) is 0.921. The van der Waals surface area contributed by atoms with Crippen molar-refractivity contribution in [2.45, 2.75) is 5.63 Å². The van der Waals surface area contributed by atoms with E-state index in [0.717, 1.165) is 0 Å². The number of carbonyl (C=O) groups is 1. The zero-order chi connectivity index (χ0) is 12.0. The minimum atomic E-state index is -2.17. The molecule has 1 N–H and O–H groups in total. The van der Waals surface area contributed by atoms with Crippen LogP contribution in [-0.4, -0.2) is 29.8 Å². The summed E-state index contributed by atoms with van der Waals surface area (Å²) in [7, 11) is 0. The third-order valence-corrected chi connectivity index (χ3v) is 1.74. The van der Waals surface area contributed by atoms with Gasteiger partial charge in [0.15, 0.2) is 11.6 Å². The predicted octanol–water partition coefficient (Wildman–Crippen LogP) is 1.90. The SMILES string of the molecule is O=C(Nc1ncccc1OCCF)C(F)Cl. The summed E-state index contributed by atoms with van der Waals surface area (Å²) in [6.45, 7) is -0.849. The average molecular weight is 251 g/mol. The summed E-state index contributed by atoms with van der Waals surface area (Å²) in [6.07, 6.45) is 1.37. The molecular weight excluding hydrogens is 242 g/mol. The van der Waals surface area contributed by atoms with Crippen LogP contribution < -0.4 is 10.1 Å². The van der Waals surface area contributed by atoms with Gasteiger partial charge in [-0.3, -0.25) is 4.79 Å². The number of anilines is 1. The van der Waals surface area contributed by atoms with Crippen LogP contribution in [0.5, 0.6) is 5.75 Å². The maximum absolute atomic E-state index is 12.4. The van der Waals surface area contributed by atoms with E-state index in [0.29, 0.717) is 0 Å². The number of aromatic nitrogens is 1. The van der Waals surface area contributed by atoms with Crippen LogP contribution in [0.2, 0.25) is 0 Å². The summed E-state index contributed by atoms with van der Waals surface area (Å²) < 4.78 is 29.2. The molecule has 1 amide bonds. The molecule has 7 heteroatoms. The number of hydrogen-bond donors (Lipinski definition) is 1. The standard InChI is InChI=1S/C9H9ClF2N2O2/c10-7(12)9(15)14-8-6(16-5-3-11)2-1-4-13-8/h1-2,4,7H,3,5H2,(H,13,14,15). The number of carbonyl (C=O) groups excluding carboxylic acids is 1. The first-order chi connectivity index (χ1) is 7.65. The Kier molecular flexibility index (Phi) is 4.91. The molecule has 0 saturated carbocycles. The Morgan fingerprint density at radius 1 is 1.69 bits per heavy atom. The number of hydrogen-bond acceptors (Lipinski definition) is 3. The Bertz CT molecular complexity index is 363. The van der Waals surface area contributed by atoms with Gasteiger partial charge in [0.1, 0.15) is 13.3 Å². The Hall–Kier alpha value is -1.43. The molecule has 16 heavy (non-hydrogen) atoms. The predicted molar refractivity (Wildman–Crippen MR) is 55.1 cm³/mol. The summed E-state index contributed by atoms with van der Waals surface area (Å²) in [5, 5.41) is 2.11. The van der Waals surface area contributed by atoms with Crippen molar-refractivity contribution in [3.63, 3.8) is 0 Å². The fourth-order valence-corrected chi connectivity index (χ4v) is 0.975. The van der Waals surface area contributed by atoms with E-state index in [1.165, 1.54) is 18.3 Å². The molecule has 0 aliphatic carbocycles. The molecule has 1 atom stereocenters. The van der Waals surface area contributed by atoms with Crippen molar-refractivity contribution in [2.75, 3.05) is 18.6 Å². The molecule has 4 nitrogen and oxygen atoms in total. The molecule has 0 aliphatic rings. The molecule has 0 radical (unpaired) electrons. The van der Waals surface area contributed by atoms with Gasteiger partial charge in [-0.25, -0.2) is 13.8 Å². The maximum atomic E-state index is 12.4. The van der Waals surface area contributed by atoms with Crippen LogP contribution >= 0.6 is 11.6 Å². The molecule has 1 aromatic rings. The van der Waals surface area contributed by atoms with Crippen molar-refractivity contribution in [1.29, 1.82) is 0 Å². The summed E-state index contributed by atoms with van der Waals surface area (Å²) in [5.74, 6) is -0.888. The van der Waals surface area contributed by atoms with Crippen LogP contribution in [0.15, 0.2) is 18.3 Å². The lowest BCUT2D eigenvalue weighted by Gasteiger charge is -2.09. The van der Waals surface area contributed by atoms with E-state index < -0.39 is 18.2 Å². The van der Waals surface area contributed by atoms with Crippen LogP contribution in [-0.2, 0) is 4.79 Å². The highest BCUT2D eigenvalue weighted by atomic mass is 35.5. The smallest absolute Gasteiger partial charge is 0.275 e. The number of halogens is 3. The van der Waals surface area contributed by atoms with Crippen LogP contribution in [0.4, 0.5) is 14.6 Å². The summed E-state index contributed by atoms with van der Waals surface area (Å²) >= 11 is 4.93. The molecule has 1 rings (SSSR count). The van der Waals surface area contributed by atoms with E-state index >= 15 is 0 Å². The zero-order valence-corrected chi connectivity index (χ0v) is 8.88. The second kappa shape index (κ2) is 6.22. The number of ether oxygens (including phenoxy) is 1. The third-order valence-electron chi connectivity index (χ3n) is 1.55. The van der Waals surface area contributed by atoms with E-state index in [1.54, 1.807) is 0 Å². The first-order valence-corrected chi connectivity index (χ1v) is 4.81. The number of rotatable bonds is 5. The second-order valence-electron chi connectivity index (χ2n) is 2.68. The van der Waals surface area contributed by atoms with Gasteiger partial charge in [0.25, 0.3) is 11.5 Å². The first kappa shape index (κ1) is 12.6. The molecule has 1 heterocycles. The Balaban J connectivity index is 2.74. The van der Waals surface area contributed by atoms with Crippen LogP contribution in [0.3, 0.4) is 0 Å². The summed E-state index contributed by atoms with van der Waals surface area (Å²) in [5.41, 5.74) is -2.17. The molecule has 0 fully saturated rings. The van der Waals surface area contributed by atoms with Gasteiger partial charge >= 0.3 is 0 Å². The van der Waals surface area contributed by atoms with Gasteiger partial charge in [0.2, 0.25) is 0 Å². The topological polar surface area (TPSA) is 51.2 Å². The third kappa shape index (κ3) is 3.62. The van der Waals surface area contributed by atoms with Crippen molar-refractivity contribution in [3.8, 4) is 5.75 Å². The molecule has 0 aromatic carbocycles. The van der Waals surface area contributed by atoms with Gasteiger partial charge in [0, 0.05) is 6.20 Å². The van der Waals surface area contributed by atoms with Crippen molar-refractivity contribution in [3.05, 3.63) is 18.3 Å². The molecule has 0 spiro atoms. The fraction of sp³-hybridized carbons (Fsp3) is 0.333. The Morgan fingerprint density at radius 3 is 3.06 bits per heavy atom. The average Bonchev–Trinajstić information content (AvgIpc) is 2.27. The number of nitrogens with one attached hydrogen (secondary N) is 1. The highest BCUT2D eigenvalue weighted by molar-refractivity contribution is 6.31. The van der Waals surface area contributed by atoms with E-state index in [-0.39, 0.29) is 18.2 Å². The van der Waals surface area contributed by atoms with E-state index in [9.17, 15) is 13.6 Å². The van der Waals surface area contributed by atoms with Crippen molar-refractivity contribution >= 4 is 23.3 Å². The summed E-state index contributed by atoms with van der Waals surface area (Å²) in [4.78, 5) is 14.7. The molecule has 0 saturated heterocycles. The van der Waals surface area contributed by atoms with Gasteiger partial charge in [-0.15, -0.1) is 0 Å². The lowest BCUT2D eigenvalue weighted by atomic mass is 10.4. The van der Waals surface area contributed by atoms with Crippen molar-refractivity contribution < 1.29 is 18.3 Å². The number of amides is 1. The summed E-state index contributed by atoms with van der Waals surface area (Å²) in [6, 6.07) is 3.01. The second-order valence-corrected chi connectivity index (χ2v) is 3.06. The van der Waals surface area contributed by atoms with Gasteiger partial charge in [-0.2, -0.15) is 0 Å². The van der Waals surface area contributed by atoms with Crippen molar-refractivity contribution in [1.82, 2.24) is 4.98 Å². The normalized spacial score (nSPS) is 11.9. The number of pyridine rings is 1. The first-order valence-electron chi connectivity index (χ1n) is 4.38. The Labute approximate surface area is 95.6 Å². The van der Waals surface area contributed by atoms with Gasteiger partial charge in [-0.1, -0.05) is 11.6 Å². The van der Waals surface area contributed by atoms with Crippen LogP contribution in [0.1, 0.15) is 0 Å². The molecule has 1 unspecified atom stereocenters. The molecular formula is C9H9ClF2N2O2. The molecule has 88 valence electrons. The molecule has 0 aliphatic heterocycles. The van der Waals surface area contributed by atoms with E-state index in [2.05, 4.69) is 10.3 Å². The van der Waals surface area contributed by atoms with Crippen molar-refractivity contribution in [2.24, 2.45) is 0 Å². The highest BCUT2D eigenvalue weighted by Crippen LogP contribution is 2.21.